The molecule has 0 spiro atoms. The summed E-state index contributed by atoms with van der Waals surface area (Å²) < 4.78 is 12.8. The molecule has 0 radical (unpaired) electrons. The van der Waals surface area contributed by atoms with Crippen molar-refractivity contribution in [3.63, 3.8) is 0 Å². The smallest absolute Gasteiger partial charge is 0.261 e. The number of carbonyl (C=O) groups excluding carboxylic acids is 2. The summed E-state index contributed by atoms with van der Waals surface area (Å²) in [6.07, 6.45) is 1.20. The Kier molecular flexibility index (Phi) is 2.52. The molecule has 0 fully saturated rings. The van der Waals surface area contributed by atoms with Gasteiger partial charge < -0.3 is 0 Å². The zero-order valence-corrected chi connectivity index (χ0v) is 9.08. The summed E-state index contributed by atoms with van der Waals surface area (Å²) >= 11 is 5.81. The third-order valence-corrected chi connectivity index (χ3v) is 2.67. The van der Waals surface area contributed by atoms with Crippen molar-refractivity contribution in [1.82, 2.24) is 4.90 Å². The van der Waals surface area contributed by atoms with Crippen LogP contribution in [0.4, 0.5) is 4.39 Å². The van der Waals surface area contributed by atoms with Crippen LogP contribution in [-0.2, 0) is 9.59 Å². The Labute approximate surface area is 96.1 Å². The van der Waals surface area contributed by atoms with Crippen molar-refractivity contribution in [3.05, 3.63) is 40.7 Å². The van der Waals surface area contributed by atoms with E-state index < -0.39 is 17.6 Å². The number of amides is 2. The average Bonchev–Trinajstić information content (AvgIpc) is 2.46. The van der Waals surface area contributed by atoms with E-state index in [1.165, 1.54) is 25.3 Å². The van der Waals surface area contributed by atoms with Crippen molar-refractivity contribution >= 4 is 29.0 Å². The zero-order valence-electron chi connectivity index (χ0n) is 8.33. The first kappa shape index (κ1) is 10.8. The normalized spacial score (nSPS) is 15.7. The van der Waals surface area contributed by atoms with E-state index in [-0.39, 0.29) is 10.6 Å². The standard InChI is InChI=1S/C11H7ClFNO2/c1-14-10(15)5-8(11(14)16)7-3-2-6(13)4-9(7)12/h2-5H,1H3. The molecular weight excluding hydrogens is 233 g/mol. The highest BCUT2D eigenvalue weighted by molar-refractivity contribution is 6.38. The number of carbonyl (C=O) groups is 2. The van der Waals surface area contributed by atoms with E-state index in [0.29, 0.717) is 5.56 Å². The molecule has 1 aromatic carbocycles. The Hall–Kier alpha value is -1.68. The second-order valence-electron chi connectivity index (χ2n) is 3.38. The molecule has 16 heavy (non-hydrogen) atoms. The van der Waals surface area contributed by atoms with Crippen molar-refractivity contribution < 1.29 is 14.0 Å². The summed E-state index contributed by atoms with van der Waals surface area (Å²) in [7, 11) is 1.38. The minimum absolute atomic E-state index is 0.114. The lowest BCUT2D eigenvalue weighted by molar-refractivity contribution is -0.134. The van der Waals surface area contributed by atoms with E-state index in [9.17, 15) is 14.0 Å². The molecule has 5 heteroatoms. The molecule has 0 saturated carbocycles. The van der Waals surface area contributed by atoms with Crippen LogP contribution in [0, 0.1) is 5.82 Å². The van der Waals surface area contributed by atoms with Gasteiger partial charge in [-0.3, -0.25) is 14.5 Å². The highest BCUT2D eigenvalue weighted by atomic mass is 35.5. The van der Waals surface area contributed by atoms with Gasteiger partial charge in [0.15, 0.2) is 0 Å². The average molecular weight is 240 g/mol. The predicted octanol–water partition coefficient (Wildman–Crippen LogP) is 1.86. The van der Waals surface area contributed by atoms with Gasteiger partial charge in [0.1, 0.15) is 5.82 Å². The minimum Gasteiger partial charge on any atom is -0.278 e. The van der Waals surface area contributed by atoms with Gasteiger partial charge in [-0.2, -0.15) is 0 Å². The highest BCUT2D eigenvalue weighted by Gasteiger charge is 2.29. The van der Waals surface area contributed by atoms with Crippen molar-refractivity contribution in [2.75, 3.05) is 7.05 Å². The third-order valence-electron chi connectivity index (χ3n) is 2.35. The second-order valence-corrected chi connectivity index (χ2v) is 3.79. The minimum atomic E-state index is -0.487. The van der Waals surface area contributed by atoms with Crippen LogP contribution in [0.2, 0.25) is 5.02 Å². The molecular formula is C11H7ClFNO2. The van der Waals surface area contributed by atoms with Gasteiger partial charge in [0.05, 0.1) is 10.6 Å². The Morgan fingerprint density at radius 2 is 2.00 bits per heavy atom. The first-order valence-corrected chi connectivity index (χ1v) is 4.87. The maximum Gasteiger partial charge on any atom is 0.261 e. The van der Waals surface area contributed by atoms with E-state index in [0.717, 1.165) is 11.0 Å². The number of hydrogen-bond donors (Lipinski definition) is 0. The van der Waals surface area contributed by atoms with Crippen LogP contribution < -0.4 is 0 Å². The van der Waals surface area contributed by atoms with E-state index >= 15 is 0 Å². The van der Waals surface area contributed by atoms with Crippen molar-refractivity contribution in [2.45, 2.75) is 0 Å². The molecule has 0 aromatic heterocycles. The van der Waals surface area contributed by atoms with Gasteiger partial charge in [0.2, 0.25) is 0 Å². The van der Waals surface area contributed by atoms with Crippen LogP contribution >= 0.6 is 11.6 Å². The van der Waals surface area contributed by atoms with E-state index in [4.69, 9.17) is 11.6 Å². The van der Waals surface area contributed by atoms with Crippen LogP contribution in [-0.4, -0.2) is 23.8 Å². The summed E-state index contributed by atoms with van der Waals surface area (Å²) in [6.45, 7) is 0. The Morgan fingerprint density at radius 1 is 1.31 bits per heavy atom. The molecule has 1 aromatic rings. The molecule has 2 rings (SSSR count). The van der Waals surface area contributed by atoms with Crippen molar-refractivity contribution in [1.29, 1.82) is 0 Å². The number of halogens is 2. The van der Waals surface area contributed by atoms with Crippen molar-refractivity contribution in [3.8, 4) is 0 Å². The van der Waals surface area contributed by atoms with Crippen LogP contribution in [0.3, 0.4) is 0 Å². The number of hydrogen-bond acceptors (Lipinski definition) is 2. The first-order valence-electron chi connectivity index (χ1n) is 4.50. The van der Waals surface area contributed by atoms with Gasteiger partial charge >= 0.3 is 0 Å². The van der Waals surface area contributed by atoms with Gasteiger partial charge in [0.25, 0.3) is 11.8 Å². The molecule has 0 bridgehead atoms. The lowest BCUT2D eigenvalue weighted by atomic mass is 10.1. The quantitative estimate of drug-likeness (QED) is 0.702. The third kappa shape index (κ3) is 1.61. The monoisotopic (exact) mass is 239 g/mol. The van der Waals surface area contributed by atoms with Gasteiger partial charge in [-0.25, -0.2) is 4.39 Å². The van der Waals surface area contributed by atoms with E-state index in [2.05, 4.69) is 0 Å². The number of likely N-dealkylation sites (N-methyl/N-ethyl adjacent to an activating group) is 1. The molecule has 0 unspecified atom stereocenters. The number of nitrogens with zero attached hydrogens (tertiary/aromatic N) is 1. The lowest BCUT2D eigenvalue weighted by Crippen LogP contribution is -2.25. The molecule has 1 aliphatic heterocycles. The Bertz CT molecular complexity index is 525. The van der Waals surface area contributed by atoms with Crippen LogP contribution in [0.5, 0.6) is 0 Å². The molecule has 1 aliphatic rings. The second kappa shape index (κ2) is 3.72. The SMILES string of the molecule is CN1C(=O)C=C(c2ccc(F)cc2Cl)C1=O. The predicted molar refractivity (Wildman–Crippen MR) is 57.2 cm³/mol. The largest absolute Gasteiger partial charge is 0.278 e. The molecule has 2 amide bonds. The Morgan fingerprint density at radius 3 is 2.50 bits per heavy atom. The van der Waals surface area contributed by atoms with Gasteiger partial charge in [-0.1, -0.05) is 11.6 Å². The lowest BCUT2D eigenvalue weighted by Gasteiger charge is -2.08. The fourth-order valence-corrected chi connectivity index (χ4v) is 1.73. The molecule has 0 atom stereocenters. The summed E-state index contributed by atoms with van der Waals surface area (Å²) in [5, 5.41) is 0.114. The van der Waals surface area contributed by atoms with Gasteiger partial charge in [0, 0.05) is 18.7 Å². The fourth-order valence-electron chi connectivity index (χ4n) is 1.46. The first-order chi connectivity index (χ1) is 7.50. The Balaban J connectivity index is 2.50. The van der Waals surface area contributed by atoms with Crippen molar-refractivity contribution in [2.24, 2.45) is 0 Å². The highest BCUT2D eigenvalue weighted by Crippen LogP contribution is 2.28. The summed E-state index contributed by atoms with van der Waals surface area (Å²) in [6, 6.07) is 3.68. The van der Waals surface area contributed by atoms with Crippen LogP contribution in [0.25, 0.3) is 5.57 Å². The maximum atomic E-state index is 12.8. The summed E-state index contributed by atoms with van der Waals surface area (Å²) in [5.41, 5.74) is 0.559. The van der Waals surface area contributed by atoms with Crippen LogP contribution in [0.1, 0.15) is 5.56 Å². The molecule has 0 saturated heterocycles. The summed E-state index contributed by atoms with van der Waals surface area (Å²) in [4.78, 5) is 23.9. The van der Waals surface area contributed by atoms with Gasteiger partial charge in [-0.15, -0.1) is 0 Å². The molecule has 1 heterocycles. The van der Waals surface area contributed by atoms with Crippen LogP contribution in [0.15, 0.2) is 24.3 Å². The topological polar surface area (TPSA) is 37.4 Å². The maximum absolute atomic E-state index is 12.8. The number of rotatable bonds is 1. The fraction of sp³-hybridized carbons (Fsp3) is 0.0909. The van der Waals surface area contributed by atoms with E-state index in [1.54, 1.807) is 0 Å². The van der Waals surface area contributed by atoms with Gasteiger partial charge in [-0.05, 0) is 18.2 Å². The molecule has 3 nitrogen and oxygen atoms in total. The van der Waals surface area contributed by atoms with E-state index in [1.807, 2.05) is 0 Å². The molecule has 82 valence electrons. The number of imide groups is 1. The number of benzene rings is 1. The molecule has 0 N–H and O–H groups in total. The zero-order chi connectivity index (χ0) is 11.9. The summed E-state index contributed by atoms with van der Waals surface area (Å²) in [5.74, 6) is -1.32. The molecule has 0 aliphatic carbocycles.